The van der Waals surface area contributed by atoms with Gasteiger partial charge in [-0.05, 0) is 12.8 Å². The van der Waals surface area contributed by atoms with E-state index in [0.29, 0.717) is 25.7 Å². The Morgan fingerprint density at radius 1 is 0.737 bits per heavy atom. The first-order valence-corrected chi connectivity index (χ1v) is 5.76. The van der Waals surface area contributed by atoms with Gasteiger partial charge in [-0.15, -0.1) is 0 Å². The number of Topliss-reactive ketones (excluding diaryl/α,β-unsaturated/α-hetero) is 2. The van der Waals surface area contributed by atoms with Crippen LogP contribution in [-0.2, 0) is 41.6 Å². The maximum absolute atomic E-state index is 10.4. The zero-order valence-electron chi connectivity index (χ0n) is 11.0. The van der Waals surface area contributed by atoms with Crippen LogP contribution in [0, 0.1) is 0 Å². The first-order valence-electron chi connectivity index (χ1n) is 5.76. The Labute approximate surface area is 128 Å². The summed E-state index contributed by atoms with van der Waals surface area (Å²) in [5.74, 6) is -3.07. The fraction of sp³-hybridized carbons (Fsp3) is 0.667. The van der Waals surface area contributed by atoms with E-state index in [1.807, 2.05) is 13.8 Å². The molecular weight excluding hydrogens is 348 g/mol. The summed E-state index contributed by atoms with van der Waals surface area (Å²) in [6, 6.07) is 0. The summed E-state index contributed by atoms with van der Waals surface area (Å²) < 4.78 is 0. The van der Waals surface area contributed by atoms with Crippen LogP contribution in [0.15, 0.2) is 0 Å². The molecule has 19 heavy (non-hydrogen) atoms. The number of carbonyl (C=O) groups is 4. The van der Waals surface area contributed by atoms with Crippen molar-refractivity contribution in [1.82, 2.24) is 0 Å². The number of carboxylic acids is 2. The smallest absolute Gasteiger partial charge is 0.138 e. The second-order valence-corrected chi connectivity index (χ2v) is 3.67. The molecule has 0 atom stereocenters. The molecule has 0 aromatic carbocycles. The molecule has 0 unspecified atom stereocenters. The molecule has 0 amide bonds. The summed E-state index contributed by atoms with van der Waals surface area (Å²) in [4.78, 5) is 40.4. The molecule has 0 aromatic rings. The third-order valence-corrected chi connectivity index (χ3v) is 1.74. The molecule has 0 heterocycles. The molecule has 6 nitrogen and oxygen atoms in total. The van der Waals surface area contributed by atoms with E-state index in [0.717, 1.165) is 0 Å². The summed E-state index contributed by atoms with van der Waals surface area (Å²) in [6.45, 7) is 3.65. The Kier molecular flexibility index (Phi) is 18.4. The maximum atomic E-state index is 10.4. The van der Waals surface area contributed by atoms with Crippen molar-refractivity contribution < 1.29 is 51.8 Å². The zero-order chi connectivity index (χ0) is 14.6. The molecule has 7 heteroatoms. The minimum absolute atomic E-state index is 0. The van der Waals surface area contributed by atoms with Crippen LogP contribution >= 0.6 is 0 Å². The molecule has 0 aliphatic carbocycles. The summed E-state index contributed by atoms with van der Waals surface area (Å²) in [5.41, 5.74) is 0. The van der Waals surface area contributed by atoms with Crippen LogP contribution in [0.2, 0.25) is 0 Å². The van der Waals surface area contributed by atoms with E-state index in [-0.39, 0.29) is 33.9 Å². The molecule has 0 spiro atoms. The summed E-state index contributed by atoms with van der Waals surface area (Å²) in [6.07, 6.45) is 1.21. The number of carbonyl (C=O) groups excluding carboxylic acids is 4. The van der Waals surface area contributed by atoms with Gasteiger partial charge in [-0.1, -0.05) is 13.8 Å². The van der Waals surface area contributed by atoms with E-state index in [1.54, 1.807) is 0 Å². The first-order chi connectivity index (χ1) is 8.33. The number of aliphatic carboxylic acids is 2. The van der Waals surface area contributed by atoms with Crippen molar-refractivity contribution in [2.45, 2.75) is 52.4 Å². The van der Waals surface area contributed by atoms with Crippen LogP contribution in [0.25, 0.3) is 0 Å². The first kappa shape index (κ1) is 23.1. The van der Waals surface area contributed by atoms with Crippen LogP contribution < -0.4 is 10.2 Å². The standard InChI is InChI=1S/2C6H10O3.Ag/c2*1-2-3-5(7)4-6(8)9;/h2*2-4H2,1H3,(H,8,9);/p-2. The van der Waals surface area contributed by atoms with Gasteiger partial charge in [-0.3, -0.25) is 9.59 Å². The van der Waals surface area contributed by atoms with Gasteiger partial charge in [0.05, 0.1) is 0 Å². The molecule has 0 aliphatic heterocycles. The van der Waals surface area contributed by atoms with Crippen LogP contribution in [-0.4, -0.2) is 23.5 Å². The van der Waals surface area contributed by atoms with Crippen LogP contribution in [0.3, 0.4) is 0 Å². The van der Waals surface area contributed by atoms with E-state index < -0.39 is 24.8 Å². The van der Waals surface area contributed by atoms with Gasteiger partial charge in [0.25, 0.3) is 0 Å². The summed E-state index contributed by atoms with van der Waals surface area (Å²) in [5, 5.41) is 19.5. The van der Waals surface area contributed by atoms with E-state index in [9.17, 15) is 29.4 Å². The largest absolute Gasteiger partial charge is 0.550 e. The third kappa shape index (κ3) is 22.7. The Balaban J connectivity index is -0.000000256. The van der Waals surface area contributed by atoms with Crippen molar-refractivity contribution in [3.05, 3.63) is 0 Å². The number of ketones is 2. The average Bonchev–Trinajstić information content (AvgIpc) is 2.16. The van der Waals surface area contributed by atoms with Crippen molar-refractivity contribution in [3.63, 3.8) is 0 Å². The maximum Gasteiger partial charge on any atom is 0.138 e. The monoisotopic (exact) mass is 365 g/mol. The Morgan fingerprint density at radius 3 is 1.16 bits per heavy atom. The topological polar surface area (TPSA) is 114 Å². The number of carboxylic acid groups (broad SMARTS) is 2. The van der Waals surface area contributed by atoms with Crippen molar-refractivity contribution in [2.75, 3.05) is 0 Å². The molecule has 0 rings (SSSR count). The van der Waals surface area contributed by atoms with E-state index >= 15 is 0 Å². The molecule has 0 N–H and O–H groups in total. The van der Waals surface area contributed by atoms with Gasteiger partial charge in [0.2, 0.25) is 0 Å². The molecular formula is C12H18AgO6-2. The van der Waals surface area contributed by atoms with Gasteiger partial charge < -0.3 is 19.8 Å². The number of hydrogen-bond donors (Lipinski definition) is 0. The molecule has 115 valence electrons. The second kappa shape index (κ2) is 15.1. The predicted octanol–water partition coefficient (Wildman–Crippen LogP) is -1.01. The minimum Gasteiger partial charge on any atom is -0.550 e. The van der Waals surface area contributed by atoms with Crippen molar-refractivity contribution in [2.24, 2.45) is 0 Å². The molecule has 0 aliphatic rings. The average molecular weight is 366 g/mol. The van der Waals surface area contributed by atoms with Gasteiger partial charge in [0.15, 0.2) is 0 Å². The normalized spacial score (nSPS) is 8.53. The predicted molar refractivity (Wildman–Crippen MR) is 59.1 cm³/mol. The molecule has 0 saturated heterocycles. The van der Waals surface area contributed by atoms with Gasteiger partial charge >= 0.3 is 0 Å². The van der Waals surface area contributed by atoms with Crippen molar-refractivity contribution in [3.8, 4) is 0 Å². The zero-order valence-corrected chi connectivity index (χ0v) is 12.5. The number of rotatable bonds is 8. The Morgan fingerprint density at radius 2 is 1.00 bits per heavy atom. The SMILES string of the molecule is CCCC(=O)CC(=O)[O-].CCCC(=O)CC(=O)[O-].[Ag]. The van der Waals surface area contributed by atoms with Gasteiger partial charge in [-0.2, -0.15) is 0 Å². The van der Waals surface area contributed by atoms with E-state index in [4.69, 9.17) is 0 Å². The van der Waals surface area contributed by atoms with Crippen LogP contribution in [0.1, 0.15) is 52.4 Å². The van der Waals surface area contributed by atoms with Crippen LogP contribution in [0.5, 0.6) is 0 Å². The Hall–Kier alpha value is -0.980. The fourth-order valence-corrected chi connectivity index (χ4v) is 1.06. The van der Waals surface area contributed by atoms with Gasteiger partial charge in [0.1, 0.15) is 11.6 Å². The molecule has 0 fully saturated rings. The number of hydrogen-bond acceptors (Lipinski definition) is 6. The van der Waals surface area contributed by atoms with Gasteiger partial charge in [0, 0.05) is 60.0 Å². The molecule has 1 radical (unpaired) electrons. The third-order valence-electron chi connectivity index (χ3n) is 1.74. The van der Waals surface area contributed by atoms with E-state index in [1.165, 1.54) is 0 Å². The summed E-state index contributed by atoms with van der Waals surface area (Å²) in [7, 11) is 0. The summed E-state index contributed by atoms with van der Waals surface area (Å²) >= 11 is 0. The second-order valence-electron chi connectivity index (χ2n) is 3.67. The van der Waals surface area contributed by atoms with E-state index in [2.05, 4.69) is 0 Å². The van der Waals surface area contributed by atoms with Gasteiger partial charge in [-0.25, -0.2) is 0 Å². The minimum atomic E-state index is -1.28. The molecule has 0 saturated carbocycles. The van der Waals surface area contributed by atoms with Crippen molar-refractivity contribution in [1.29, 1.82) is 0 Å². The van der Waals surface area contributed by atoms with Crippen molar-refractivity contribution >= 4 is 23.5 Å². The molecule has 0 aromatic heterocycles. The molecule has 0 bridgehead atoms. The quantitative estimate of drug-likeness (QED) is 0.402. The van der Waals surface area contributed by atoms with Crippen LogP contribution in [0.4, 0.5) is 0 Å². The fourth-order valence-electron chi connectivity index (χ4n) is 1.06. The Bertz CT molecular complexity index is 271.